The summed E-state index contributed by atoms with van der Waals surface area (Å²) >= 11 is 0. The van der Waals surface area contributed by atoms with Gasteiger partial charge in [0, 0.05) is 5.41 Å². The molecule has 92 valence electrons. The van der Waals surface area contributed by atoms with E-state index in [0.717, 1.165) is 5.56 Å². The third-order valence-electron chi connectivity index (χ3n) is 2.50. The Kier molecular flexibility index (Phi) is 4.26. The fraction of sp³-hybridized carbons (Fsp3) is 0.385. The molecule has 0 saturated carbocycles. The molecule has 1 rings (SSSR count). The molecule has 1 aromatic carbocycles. The summed E-state index contributed by atoms with van der Waals surface area (Å²) in [5.74, 6) is -1.28. The molecule has 0 heterocycles. The third kappa shape index (κ3) is 4.26. The van der Waals surface area contributed by atoms with Crippen LogP contribution in [0.1, 0.15) is 19.4 Å². The lowest BCUT2D eigenvalue weighted by molar-refractivity contribution is -0.139. The van der Waals surface area contributed by atoms with Gasteiger partial charge in [-0.15, -0.1) is 0 Å². The molecule has 0 saturated heterocycles. The van der Waals surface area contributed by atoms with Crippen molar-refractivity contribution in [2.24, 2.45) is 5.41 Å². The van der Waals surface area contributed by atoms with Crippen molar-refractivity contribution in [3.05, 3.63) is 35.9 Å². The minimum Gasteiger partial charge on any atom is -0.480 e. The molecule has 0 spiro atoms. The van der Waals surface area contributed by atoms with E-state index in [9.17, 15) is 9.59 Å². The van der Waals surface area contributed by atoms with Gasteiger partial charge in [-0.2, -0.15) is 0 Å². The van der Waals surface area contributed by atoms with Gasteiger partial charge in [0.25, 0.3) is 0 Å². The van der Waals surface area contributed by atoms with Gasteiger partial charge in [0.2, 0.25) is 5.91 Å². The zero-order valence-electron chi connectivity index (χ0n) is 10.1. The standard InChI is InChI=1S/C13H17NO3/c1-13(2,12(17)14-9-11(15)16)8-10-6-4-3-5-7-10/h3-7H,8-9H2,1-2H3,(H,14,17)(H,15,16). The van der Waals surface area contributed by atoms with Gasteiger partial charge in [-0.05, 0) is 12.0 Å². The van der Waals surface area contributed by atoms with Crippen LogP contribution in [0.3, 0.4) is 0 Å². The Morgan fingerprint density at radius 2 is 1.82 bits per heavy atom. The second-order valence-electron chi connectivity index (χ2n) is 4.62. The van der Waals surface area contributed by atoms with Crippen LogP contribution >= 0.6 is 0 Å². The minimum absolute atomic E-state index is 0.247. The van der Waals surface area contributed by atoms with Gasteiger partial charge in [0.15, 0.2) is 0 Å². The van der Waals surface area contributed by atoms with Crippen molar-refractivity contribution in [3.63, 3.8) is 0 Å². The van der Waals surface area contributed by atoms with Gasteiger partial charge in [-0.1, -0.05) is 44.2 Å². The number of hydrogen-bond donors (Lipinski definition) is 2. The highest BCUT2D eigenvalue weighted by atomic mass is 16.4. The summed E-state index contributed by atoms with van der Waals surface area (Å²) in [6.45, 7) is 3.27. The molecule has 4 heteroatoms. The lowest BCUT2D eigenvalue weighted by atomic mass is 9.85. The van der Waals surface area contributed by atoms with Crippen molar-refractivity contribution in [1.29, 1.82) is 0 Å². The molecule has 0 atom stereocenters. The fourth-order valence-electron chi connectivity index (χ4n) is 1.58. The molecular formula is C13H17NO3. The minimum atomic E-state index is -1.03. The number of amides is 1. The number of carbonyl (C=O) groups excluding carboxylic acids is 1. The van der Waals surface area contributed by atoms with E-state index in [1.165, 1.54) is 0 Å². The quantitative estimate of drug-likeness (QED) is 0.812. The molecule has 1 amide bonds. The summed E-state index contributed by atoms with van der Waals surface area (Å²) in [6, 6.07) is 9.65. The van der Waals surface area contributed by atoms with E-state index < -0.39 is 11.4 Å². The van der Waals surface area contributed by atoms with Gasteiger partial charge in [-0.3, -0.25) is 9.59 Å². The Labute approximate surface area is 101 Å². The van der Waals surface area contributed by atoms with E-state index in [1.807, 2.05) is 30.3 Å². The van der Waals surface area contributed by atoms with Gasteiger partial charge in [-0.25, -0.2) is 0 Å². The van der Waals surface area contributed by atoms with Crippen LogP contribution in [0.2, 0.25) is 0 Å². The van der Waals surface area contributed by atoms with Crippen molar-refractivity contribution in [3.8, 4) is 0 Å². The van der Waals surface area contributed by atoms with Crippen LogP contribution in [0.15, 0.2) is 30.3 Å². The Morgan fingerprint density at radius 3 is 2.35 bits per heavy atom. The highest BCUT2D eigenvalue weighted by Crippen LogP contribution is 2.21. The van der Waals surface area contributed by atoms with E-state index in [1.54, 1.807) is 13.8 Å². The Bertz CT molecular complexity index is 398. The van der Waals surface area contributed by atoms with Crippen molar-refractivity contribution in [1.82, 2.24) is 5.32 Å². The van der Waals surface area contributed by atoms with E-state index >= 15 is 0 Å². The number of aliphatic carboxylic acids is 1. The monoisotopic (exact) mass is 235 g/mol. The van der Waals surface area contributed by atoms with Crippen molar-refractivity contribution in [2.75, 3.05) is 6.54 Å². The first-order chi connectivity index (χ1) is 7.92. The first-order valence-corrected chi connectivity index (χ1v) is 5.46. The molecule has 17 heavy (non-hydrogen) atoms. The van der Waals surface area contributed by atoms with E-state index in [0.29, 0.717) is 6.42 Å². The van der Waals surface area contributed by atoms with Crippen molar-refractivity contribution in [2.45, 2.75) is 20.3 Å². The van der Waals surface area contributed by atoms with E-state index in [2.05, 4.69) is 5.32 Å². The number of nitrogens with one attached hydrogen (secondary N) is 1. The van der Waals surface area contributed by atoms with E-state index in [4.69, 9.17) is 5.11 Å². The van der Waals surface area contributed by atoms with Gasteiger partial charge in [0.05, 0.1) is 0 Å². The maximum atomic E-state index is 11.8. The molecule has 0 aromatic heterocycles. The summed E-state index contributed by atoms with van der Waals surface area (Å²) in [4.78, 5) is 22.2. The van der Waals surface area contributed by atoms with Crippen LogP contribution in [0.4, 0.5) is 0 Å². The SMILES string of the molecule is CC(C)(Cc1ccccc1)C(=O)NCC(=O)O. The summed E-state index contributed by atoms with van der Waals surface area (Å²) in [7, 11) is 0. The molecule has 4 nitrogen and oxygen atoms in total. The predicted molar refractivity (Wildman–Crippen MR) is 64.6 cm³/mol. The number of benzene rings is 1. The van der Waals surface area contributed by atoms with Gasteiger partial charge in [0.1, 0.15) is 6.54 Å². The molecular weight excluding hydrogens is 218 g/mol. The normalized spacial score (nSPS) is 10.9. The molecule has 2 N–H and O–H groups in total. The first-order valence-electron chi connectivity index (χ1n) is 5.46. The zero-order valence-corrected chi connectivity index (χ0v) is 10.1. The molecule has 1 aromatic rings. The average molecular weight is 235 g/mol. The number of carboxylic acids is 1. The Balaban J connectivity index is 2.61. The molecule has 0 unspecified atom stereocenters. The highest BCUT2D eigenvalue weighted by Gasteiger charge is 2.27. The van der Waals surface area contributed by atoms with Crippen LogP contribution < -0.4 is 5.32 Å². The van der Waals surface area contributed by atoms with E-state index in [-0.39, 0.29) is 12.5 Å². The van der Waals surface area contributed by atoms with Crippen LogP contribution in [-0.2, 0) is 16.0 Å². The Morgan fingerprint density at radius 1 is 1.24 bits per heavy atom. The summed E-state index contributed by atoms with van der Waals surface area (Å²) in [5.41, 5.74) is 0.444. The zero-order chi connectivity index (χ0) is 12.9. The highest BCUT2D eigenvalue weighted by molar-refractivity contribution is 5.85. The van der Waals surface area contributed by atoms with Crippen LogP contribution in [-0.4, -0.2) is 23.5 Å². The molecule has 0 aliphatic rings. The number of hydrogen-bond acceptors (Lipinski definition) is 2. The third-order valence-corrected chi connectivity index (χ3v) is 2.50. The van der Waals surface area contributed by atoms with Gasteiger partial charge >= 0.3 is 5.97 Å². The van der Waals surface area contributed by atoms with Crippen LogP contribution in [0, 0.1) is 5.41 Å². The smallest absolute Gasteiger partial charge is 0.322 e. The van der Waals surface area contributed by atoms with Gasteiger partial charge < -0.3 is 10.4 Å². The lowest BCUT2D eigenvalue weighted by Gasteiger charge is -2.23. The molecule has 0 aliphatic heterocycles. The van der Waals surface area contributed by atoms with Crippen LogP contribution in [0.5, 0.6) is 0 Å². The fourth-order valence-corrected chi connectivity index (χ4v) is 1.58. The molecule has 0 bridgehead atoms. The van der Waals surface area contributed by atoms with Crippen molar-refractivity contribution >= 4 is 11.9 Å². The summed E-state index contributed by atoms with van der Waals surface area (Å²) < 4.78 is 0. The average Bonchev–Trinajstić information content (AvgIpc) is 2.26. The number of carbonyl (C=O) groups is 2. The summed E-state index contributed by atoms with van der Waals surface area (Å²) in [6.07, 6.45) is 0.583. The topological polar surface area (TPSA) is 66.4 Å². The maximum Gasteiger partial charge on any atom is 0.322 e. The molecule has 0 aliphatic carbocycles. The molecule has 0 fully saturated rings. The predicted octanol–water partition coefficient (Wildman–Crippen LogP) is 1.46. The Hall–Kier alpha value is -1.84. The second-order valence-corrected chi connectivity index (χ2v) is 4.62. The first kappa shape index (κ1) is 13.2. The lowest BCUT2D eigenvalue weighted by Crippen LogP contribution is -2.40. The number of rotatable bonds is 5. The molecule has 0 radical (unpaired) electrons. The maximum absolute atomic E-state index is 11.8. The largest absolute Gasteiger partial charge is 0.480 e. The van der Waals surface area contributed by atoms with Crippen molar-refractivity contribution < 1.29 is 14.7 Å². The van der Waals surface area contributed by atoms with Crippen LogP contribution in [0.25, 0.3) is 0 Å². The number of carboxylic acid groups (broad SMARTS) is 1. The second kappa shape index (κ2) is 5.48. The summed E-state index contributed by atoms with van der Waals surface area (Å²) in [5, 5.41) is 10.9.